The summed E-state index contributed by atoms with van der Waals surface area (Å²) in [5.74, 6) is 0.121. The van der Waals surface area contributed by atoms with E-state index in [9.17, 15) is 5.11 Å². The fraction of sp³-hybridized carbons (Fsp3) is 0.600. The van der Waals surface area contributed by atoms with Gasteiger partial charge in [-0.3, -0.25) is 0 Å². The Kier molecular flexibility index (Phi) is 4.15. The van der Waals surface area contributed by atoms with Crippen molar-refractivity contribution in [3.05, 3.63) is 23.8 Å². The highest BCUT2D eigenvalue weighted by molar-refractivity contribution is 5.20. The Bertz CT molecular complexity index is 211. The van der Waals surface area contributed by atoms with E-state index < -0.39 is 0 Å². The molecule has 0 heterocycles. The molecule has 0 saturated heterocycles. The molecule has 0 amide bonds. The molecule has 2 unspecified atom stereocenters. The van der Waals surface area contributed by atoms with Gasteiger partial charge in [-0.15, -0.1) is 0 Å². The molecular formula is C10H17NO2. The SMILES string of the molecule is NCCC(O)C1C=CC=C(CO)C1. The van der Waals surface area contributed by atoms with Gasteiger partial charge in [-0.2, -0.15) is 0 Å². The normalized spacial score (nSPS) is 24.2. The molecule has 1 aliphatic carbocycles. The van der Waals surface area contributed by atoms with Gasteiger partial charge < -0.3 is 15.9 Å². The molecule has 4 N–H and O–H groups in total. The summed E-state index contributed by atoms with van der Waals surface area (Å²) < 4.78 is 0. The Hall–Kier alpha value is -0.640. The smallest absolute Gasteiger partial charge is 0.0645 e. The topological polar surface area (TPSA) is 66.5 Å². The molecule has 3 heteroatoms. The molecule has 0 spiro atoms. The van der Waals surface area contributed by atoms with Crippen molar-refractivity contribution >= 4 is 0 Å². The van der Waals surface area contributed by atoms with Crippen LogP contribution in [0.5, 0.6) is 0 Å². The van der Waals surface area contributed by atoms with Gasteiger partial charge in [0.2, 0.25) is 0 Å². The second-order valence-corrected chi connectivity index (χ2v) is 3.38. The van der Waals surface area contributed by atoms with E-state index in [1.54, 1.807) is 0 Å². The third-order valence-corrected chi connectivity index (χ3v) is 2.35. The van der Waals surface area contributed by atoms with Gasteiger partial charge in [-0.1, -0.05) is 18.2 Å². The molecule has 0 fully saturated rings. The number of hydrogen-bond acceptors (Lipinski definition) is 3. The van der Waals surface area contributed by atoms with Crippen molar-refractivity contribution < 1.29 is 10.2 Å². The lowest BCUT2D eigenvalue weighted by Gasteiger charge is -2.22. The quantitative estimate of drug-likeness (QED) is 0.583. The number of aliphatic hydroxyl groups is 2. The number of allylic oxidation sites excluding steroid dienone is 2. The van der Waals surface area contributed by atoms with Gasteiger partial charge in [-0.25, -0.2) is 0 Å². The first-order chi connectivity index (χ1) is 6.27. The van der Waals surface area contributed by atoms with Crippen molar-refractivity contribution in [1.82, 2.24) is 0 Å². The molecular weight excluding hydrogens is 166 g/mol. The lowest BCUT2D eigenvalue weighted by atomic mass is 9.89. The first-order valence-corrected chi connectivity index (χ1v) is 4.63. The van der Waals surface area contributed by atoms with Crippen molar-refractivity contribution in [3.63, 3.8) is 0 Å². The highest BCUT2D eigenvalue weighted by Crippen LogP contribution is 2.22. The van der Waals surface area contributed by atoms with Crippen LogP contribution in [0.3, 0.4) is 0 Å². The van der Waals surface area contributed by atoms with Gasteiger partial charge in [0.05, 0.1) is 12.7 Å². The van der Waals surface area contributed by atoms with E-state index in [1.807, 2.05) is 18.2 Å². The van der Waals surface area contributed by atoms with Gasteiger partial charge in [-0.05, 0) is 25.0 Å². The molecule has 74 valence electrons. The zero-order valence-electron chi connectivity index (χ0n) is 7.69. The lowest BCUT2D eigenvalue weighted by Crippen LogP contribution is -2.24. The Balaban J connectivity index is 2.47. The average Bonchev–Trinajstić information content (AvgIpc) is 2.18. The third kappa shape index (κ3) is 2.95. The van der Waals surface area contributed by atoms with E-state index in [0.29, 0.717) is 13.0 Å². The zero-order chi connectivity index (χ0) is 9.68. The largest absolute Gasteiger partial charge is 0.392 e. The molecule has 0 radical (unpaired) electrons. The third-order valence-electron chi connectivity index (χ3n) is 2.35. The summed E-state index contributed by atoms with van der Waals surface area (Å²) in [6.07, 6.45) is 6.74. The Morgan fingerprint density at radius 1 is 1.62 bits per heavy atom. The molecule has 0 aromatic rings. The predicted octanol–water partition coefficient (Wildman–Crippen LogP) is 0.191. The van der Waals surface area contributed by atoms with Crippen LogP contribution in [0, 0.1) is 5.92 Å². The van der Waals surface area contributed by atoms with Crippen molar-refractivity contribution in [3.8, 4) is 0 Å². The molecule has 0 aliphatic heterocycles. The molecule has 3 nitrogen and oxygen atoms in total. The van der Waals surface area contributed by atoms with E-state index >= 15 is 0 Å². The van der Waals surface area contributed by atoms with Gasteiger partial charge >= 0.3 is 0 Å². The standard InChI is InChI=1S/C10H17NO2/c11-5-4-10(13)9-3-1-2-8(6-9)7-12/h1-3,9-10,12-13H,4-7,11H2. The first-order valence-electron chi connectivity index (χ1n) is 4.63. The number of nitrogens with two attached hydrogens (primary N) is 1. The Morgan fingerprint density at radius 2 is 2.38 bits per heavy atom. The van der Waals surface area contributed by atoms with Crippen LogP contribution in [-0.4, -0.2) is 29.5 Å². The summed E-state index contributed by atoms with van der Waals surface area (Å²) in [5, 5.41) is 18.6. The predicted molar refractivity (Wildman–Crippen MR) is 52.1 cm³/mol. The number of hydrogen-bond donors (Lipinski definition) is 3. The van der Waals surface area contributed by atoms with Crippen LogP contribution in [0.2, 0.25) is 0 Å². The highest BCUT2D eigenvalue weighted by atomic mass is 16.3. The van der Waals surface area contributed by atoms with Crippen molar-refractivity contribution in [2.75, 3.05) is 13.2 Å². The monoisotopic (exact) mass is 183 g/mol. The summed E-state index contributed by atoms with van der Waals surface area (Å²) in [6.45, 7) is 0.583. The zero-order valence-corrected chi connectivity index (χ0v) is 7.69. The van der Waals surface area contributed by atoms with E-state index in [1.165, 1.54) is 0 Å². The fourth-order valence-electron chi connectivity index (χ4n) is 1.54. The molecule has 0 bridgehead atoms. The molecule has 0 saturated carbocycles. The maximum atomic E-state index is 9.65. The minimum atomic E-state index is -0.378. The maximum absolute atomic E-state index is 9.65. The van der Waals surface area contributed by atoms with Crippen LogP contribution < -0.4 is 5.73 Å². The number of aliphatic hydroxyl groups excluding tert-OH is 2. The summed E-state index contributed by atoms with van der Waals surface area (Å²) >= 11 is 0. The van der Waals surface area contributed by atoms with Crippen LogP contribution in [-0.2, 0) is 0 Å². The van der Waals surface area contributed by atoms with Crippen LogP contribution in [0.25, 0.3) is 0 Å². The van der Waals surface area contributed by atoms with E-state index in [-0.39, 0.29) is 18.6 Å². The van der Waals surface area contributed by atoms with Gasteiger partial charge in [0, 0.05) is 5.92 Å². The first kappa shape index (κ1) is 10.4. The van der Waals surface area contributed by atoms with E-state index in [2.05, 4.69) is 0 Å². The molecule has 1 aliphatic rings. The average molecular weight is 183 g/mol. The van der Waals surface area contributed by atoms with Gasteiger partial charge in [0.15, 0.2) is 0 Å². The van der Waals surface area contributed by atoms with Crippen LogP contribution in [0.4, 0.5) is 0 Å². The maximum Gasteiger partial charge on any atom is 0.0645 e. The second kappa shape index (κ2) is 5.17. The second-order valence-electron chi connectivity index (χ2n) is 3.38. The van der Waals surface area contributed by atoms with Crippen LogP contribution in [0.15, 0.2) is 23.8 Å². The summed E-state index contributed by atoms with van der Waals surface area (Å²) in [5.41, 5.74) is 6.33. The van der Waals surface area contributed by atoms with Crippen molar-refractivity contribution in [2.24, 2.45) is 11.7 Å². The molecule has 1 rings (SSSR count). The molecule has 2 atom stereocenters. The summed E-state index contributed by atoms with van der Waals surface area (Å²) in [6, 6.07) is 0. The minimum absolute atomic E-state index is 0.0795. The fourth-order valence-corrected chi connectivity index (χ4v) is 1.54. The van der Waals surface area contributed by atoms with Crippen LogP contribution >= 0.6 is 0 Å². The summed E-state index contributed by atoms with van der Waals surface area (Å²) in [7, 11) is 0. The van der Waals surface area contributed by atoms with Crippen molar-refractivity contribution in [1.29, 1.82) is 0 Å². The lowest BCUT2D eigenvalue weighted by molar-refractivity contribution is 0.120. The van der Waals surface area contributed by atoms with Crippen molar-refractivity contribution in [2.45, 2.75) is 18.9 Å². The Morgan fingerprint density at radius 3 is 3.00 bits per heavy atom. The summed E-state index contributed by atoms with van der Waals surface area (Å²) in [4.78, 5) is 0. The highest BCUT2D eigenvalue weighted by Gasteiger charge is 2.18. The molecule has 13 heavy (non-hydrogen) atoms. The Labute approximate surface area is 78.6 Å². The number of rotatable bonds is 4. The van der Waals surface area contributed by atoms with Crippen LogP contribution in [0.1, 0.15) is 12.8 Å². The molecule has 0 aromatic heterocycles. The van der Waals surface area contributed by atoms with E-state index in [0.717, 1.165) is 12.0 Å². The van der Waals surface area contributed by atoms with Gasteiger partial charge in [0.1, 0.15) is 0 Å². The van der Waals surface area contributed by atoms with Gasteiger partial charge in [0.25, 0.3) is 0 Å². The minimum Gasteiger partial charge on any atom is -0.392 e. The molecule has 0 aromatic carbocycles. The van der Waals surface area contributed by atoms with E-state index in [4.69, 9.17) is 10.8 Å².